The number of benzene rings is 1. The number of aromatic nitrogens is 2. The molecule has 0 unspecified atom stereocenters. The average Bonchev–Trinajstić information content (AvgIpc) is 2.50. The number of amides is 1. The monoisotopic (exact) mass is 338 g/mol. The van der Waals surface area contributed by atoms with Crippen LogP contribution in [0.25, 0.3) is 0 Å². The predicted molar refractivity (Wildman–Crippen MR) is 89.8 cm³/mol. The molecule has 2 aromatic rings. The van der Waals surface area contributed by atoms with Crippen LogP contribution in [0.1, 0.15) is 24.3 Å². The van der Waals surface area contributed by atoms with E-state index in [1.54, 1.807) is 30.3 Å². The van der Waals surface area contributed by atoms with Crippen molar-refractivity contribution in [2.24, 2.45) is 5.92 Å². The molecule has 116 valence electrons. The highest BCUT2D eigenvalue weighted by molar-refractivity contribution is 6.44. The van der Waals surface area contributed by atoms with Gasteiger partial charge in [0, 0.05) is 6.54 Å². The normalized spacial score (nSPS) is 10.6. The molecule has 0 aliphatic rings. The van der Waals surface area contributed by atoms with Gasteiger partial charge in [-0.2, -0.15) is 0 Å². The molecule has 0 saturated carbocycles. The van der Waals surface area contributed by atoms with E-state index in [1.165, 1.54) is 0 Å². The van der Waals surface area contributed by atoms with Crippen LogP contribution in [0.15, 0.2) is 30.3 Å². The summed E-state index contributed by atoms with van der Waals surface area (Å²) in [5.74, 6) is 0.730. The van der Waals surface area contributed by atoms with Gasteiger partial charge in [-0.25, -0.2) is 0 Å². The number of carbonyl (C=O) groups is 1. The maximum absolute atomic E-state index is 12.1. The van der Waals surface area contributed by atoms with Crippen LogP contribution >= 0.6 is 23.2 Å². The molecule has 2 rings (SSSR count). The first kappa shape index (κ1) is 16.5. The van der Waals surface area contributed by atoms with E-state index in [-0.39, 0.29) is 5.69 Å². The van der Waals surface area contributed by atoms with Crippen molar-refractivity contribution < 1.29 is 4.79 Å². The van der Waals surface area contributed by atoms with E-state index < -0.39 is 5.91 Å². The van der Waals surface area contributed by atoms with Gasteiger partial charge < -0.3 is 10.6 Å². The molecule has 0 aliphatic heterocycles. The molecule has 0 aliphatic carbocycles. The van der Waals surface area contributed by atoms with E-state index in [9.17, 15) is 4.79 Å². The van der Waals surface area contributed by atoms with Crippen LogP contribution in [0.4, 0.5) is 11.5 Å². The number of halogens is 2. The van der Waals surface area contributed by atoms with Gasteiger partial charge in [-0.05, 0) is 30.2 Å². The highest BCUT2D eigenvalue weighted by atomic mass is 35.5. The van der Waals surface area contributed by atoms with Gasteiger partial charge in [-0.1, -0.05) is 43.1 Å². The van der Waals surface area contributed by atoms with Gasteiger partial charge >= 0.3 is 0 Å². The van der Waals surface area contributed by atoms with E-state index in [0.29, 0.717) is 27.5 Å². The third-order valence-electron chi connectivity index (χ3n) is 2.79. The van der Waals surface area contributed by atoms with Crippen molar-refractivity contribution in [1.82, 2.24) is 10.2 Å². The lowest BCUT2D eigenvalue weighted by Crippen LogP contribution is -2.16. The number of carbonyl (C=O) groups excluding carboxylic acids is 1. The van der Waals surface area contributed by atoms with Crippen molar-refractivity contribution in [3.8, 4) is 0 Å². The van der Waals surface area contributed by atoms with Crippen molar-refractivity contribution in [3.05, 3.63) is 46.1 Å². The zero-order valence-corrected chi connectivity index (χ0v) is 13.7. The number of anilines is 2. The molecule has 1 amide bonds. The molecule has 0 spiro atoms. The lowest BCUT2D eigenvalue weighted by Gasteiger charge is -2.09. The summed E-state index contributed by atoms with van der Waals surface area (Å²) in [6, 6.07) is 8.33. The zero-order valence-electron chi connectivity index (χ0n) is 12.2. The summed E-state index contributed by atoms with van der Waals surface area (Å²) in [5.41, 5.74) is 0.633. The second kappa shape index (κ2) is 7.42. The van der Waals surface area contributed by atoms with Gasteiger partial charge in [0.05, 0.1) is 15.7 Å². The second-order valence-electron chi connectivity index (χ2n) is 5.13. The summed E-state index contributed by atoms with van der Waals surface area (Å²) >= 11 is 11.9. The largest absolute Gasteiger partial charge is 0.368 e. The Bertz CT molecular complexity index is 659. The summed E-state index contributed by atoms with van der Waals surface area (Å²) in [5, 5.41) is 14.3. The fraction of sp³-hybridized carbons (Fsp3) is 0.267. The van der Waals surface area contributed by atoms with Gasteiger partial charge in [0.15, 0.2) is 5.69 Å². The smallest absolute Gasteiger partial charge is 0.276 e. The maximum atomic E-state index is 12.1. The quantitative estimate of drug-likeness (QED) is 0.860. The van der Waals surface area contributed by atoms with Crippen molar-refractivity contribution >= 4 is 40.6 Å². The highest BCUT2D eigenvalue weighted by Gasteiger charge is 2.12. The summed E-state index contributed by atoms with van der Waals surface area (Å²) in [6.45, 7) is 4.98. The second-order valence-corrected chi connectivity index (χ2v) is 5.92. The Morgan fingerprint density at radius 2 is 1.95 bits per heavy atom. The highest BCUT2D eigenvalue weighted by Crippen LogP contribution is 2.29. The lowest BCUT2D eigenvalue weighted by molar-refractivity contribution is 0.102. The number of nitrogens with zero attached hydrogens (tertiary/aromatic N) is 2. The van der Waals surface area contributed by atoms with Crippen LogP contribution in [0.2, 0.25) is 10.0 Å². The number of nitrogens with one attached hydrogen (secondary N) is 2. The van der Waals surface area contributed by atoms with Crippen LogP contribution in [-0.2, 0) is 0 Å². The standard InChI is InChI=1S/C15H16Cl2N4O/c1-9(2)8-18-13-7-6-12(20-21-13)15(22)19-11-5-3-4-10(16)14(11)17/h3-7,9H,8H2,1-2H3,(H,18,21)(H,19,22). The molecular weight excluding hydrogens is 323 g/mol. The Balaban J connectivity index is 2.05. The Morgan fingerprint density at radius 3 is 2.59 bits per heavy atom. The summed E-state index contributed by atoms with van der Waals surface area (Å²) in [7, 11) is 0. The molecule has 0 fully saturated rings. The molecule has 1 aromatic heterocycles. The molecule has 1 heterocycles. The number of hydrogen-bond acceptors (Lipinski definition) is 4. The third-order valence-corrected chi connectivity index (χ3v) is 3.61. The molecule has 2 N–H and O–H groups in total. The maximum Gasteiger partial charge on any atom is 0.276 e. The summed E-state index contributed by atoms with van der Waals surface area (Å²) in [6.07, 6.45) is 0. The van der Waals surface area contributed by atoms with Crippen LogP contribution in [-0.4, -0.2) is 22.6 Å². The van der Waals surface area contributed by atoms with Gasteiger partial charge in [-0.15, -0.1) is 10.2 Å². The third kappa shape index (κ3) is 4.32. The van der Waals surface area contributed by atoms with Gasteiger partial charge in [0.2, 0.25) is 0 Å². The fourth-order valence-corrected chi connectivity index (χ4v) is 1.99. The lowest BCUT2D eigenvalue weighted by atomic mass is 10.2. The summed E-state index contributed by atoms with van der Waals surface area (Å²) < 4.78 is 0. The zero-order chi connectivity index (χ0) is 16.1. The molecule has 1 aromatic carbocycles. The van der Waals surface area contributed by atoms with Crippen molar-refractivity contribution in [3.63, 3.8) is 0 Å². The first-order valence-corrected chi connectivity index (χ1v) is 7.56. The SMILES string of the molecule is CC(C)CNc1ccc(C(=O)Nc2cccc(Cl)c2Cl)nn1. The minimum atomic E-state index is -0.396. The minimum absolute atomic E-state index is 0.200. The number of rotatable bonds is 5. The van der Waals surface area contributed by atoms with E-state index in [1.807, 2.05) is 0 Å². The average molecular weight is 339 g/mol. The van der Waals surface area contributed by atoms with E-state index in [0.717, 1.165) is 6.54 Å². The Labute approximate surface area is 139 Å². The van der Waals surface area contributed by atoms with Gasteiger partial charge in [-0.3, -0.25) is 4.79 Å². The first-order chi connectivity index (χ1) is 10.5. The topological polar surface area (TPSA) is 66.9 Å². The van der Waals surface area contributed by atoms with Crippen LogP contribution in [0, 0.1) is 5.92 Å². The van der Waals surface area contributed by atoms with Gasteiger partial charge in [0.1, 0.15) is 5.82 Å². The van der Waals surface area contributed by atoms with Crippen LogP contribution < -0.4 is 10.6 Å². The Kier molecular flexibility index (Phi) is 5.57. The molecular formula is C15H16Cl2N4O. The summed E-state index contributed by atoms with van der Waals surface area (Å²) in [4.78, 5) is 12.1. The molecule has 0 bridgehead atoms. The van der Waals surface area contributed by atoms with Gasteiger partial charge in [0.25, 0.3) is 5.91 Å². The van der Waals surface area contributed by atoms with Crippen LogP contribution in [0.3, 0.4) is 0 Å². The van der Waals surface area contributed by atoms with Crippen molar-refractivity contribution in [2.75, 3.05) is 17.2 Å². The van der Waals surface area contributed by atoms with Crippen molar-refractivity contribution in [2.45, 2.75) is 13.8 Å². The molecule has 0 radical (unpaired) electrons. The van der Waals surface area contributed by atoms with Crippen molar-refractivity contribution in [1.29, 1.82) is 0 Å². The molecule has 5 nitrogen and oxygen atoms in total. The molecule has 0 atom stereocenters. The van der Waals surface area contributed by atoms with Crippen LogP contribution in [0.5, 0.6) is 0 Å². The molecule has 22 heavy (non-hydrogen) atoms. The fourth-order valence-electron chi connectivity index (χ4n) is 1.64. The Morgan fingerprint density at radius 1 is 1.18 bits per heavy atom. The van der Waals surface area contributed by atoms with E-state index in [4.69, 9.17) is 23.2 Å². The molecule has 7 heteroatoms. The first-order valence-electron chi connectivity index (χ1n) is 6.80. The minimum Gasteiger partial charge on any atom is -0.368 e. The van der Waals surface area contributed by atoms with E-state index in [2.05, 4.69) is 34.7 Å². The Hall–Kier alpha value is -1.85. The number of hydrogen-bond donors (Lipinski definition) is 2. The molecule has 0 saturated heterocycles. The predicted octanol–water partition coefficient (Wildman–Crippen LogP) is 4.10. The van der Waals surface area contributed by atoms with E-state index >= 15 is 0 Å².